The Morgan fingerprint density at radius 1 is 0.971 bits per heavy atom. The van der Waals surface area contributed by atoms with Gasteiger partial charge < -0.3 is 11.1 Å². The SMILES string of the molecule is NC(=O)c1cccc2c(NCc3cccc(CC(=O)c4ccc(Cl)c(C(F)(F)F)c4)c3)ncnc12. The highest BCUT2D eigenvalue weighted by Gasteiger charge is 2.33. The maximum atomic E-state index is 13.1. The van der Waals surface area contributed by atoms with E-state index in [1.165, 1.54) is 12.4 Å². The third-order valence-corrected chi connectivity index (χ3v) is 5.67. The van der Waals surface area contributed by atoms with Gasteiger partial charge >= 0.3 is 6.18 Å². The van der Waals surface area contributed by atoms with E-state index in [0.717, 1.165) is 17.7 Å². The highest BCUT2D eigenvalue weighted by molar-refractivity contribution is 6.31. The molecular weight excluding hydrogens is 481 g/mol. The normalized spacial score (nSPS) is 11.4. The van der Waals surface area contributed by atoms with E-state index in [0.29, 0.717) is 28.8 Å². The Morgan fingerprint density at radius 2 is 1.71 bits per heavy atom. The lowest BCUT2D eigenvalue weighted by atomic mass is 9.99. The first-order valence-electron chi connectivity index (χ1n) is 10.4. The summed E-state index contributed by atoms with van der Waals surface area (Å²) in [5, 5.41) is 3.35. The number of carbonyl (C=O) groups excluding carboxylic acids is 2. The number of amides is 1. The van der Waals surface area contributed by atoms with Gasteiger partial charge in [-0.3, -0.25) is 9.59 Å². The molecule has 0 aliphatic heterocycles. The smallest absolute Gasteiger partial charge is 0.366 e. The third kappa shape index (κ3) is 5.41. The van der Waals surface area contributed by atoms with E-state index >= 15 is 0 Å². The molecule has 0 radical (unpaired) electrons. The fourth-order valence-electron chi connectivity index (χ4n) is 3.67. The number of benzene rings is 3. The van der Waals surface area contributed by atoms with Crippen LogP contribution in [0.1, 0.15) is 37.4 Å². The Labute approximate surface area is 203 Å². The quantitative estimate of drug-likeness (QED) is 0.331. The van der Waals surface area contributed by atoms with Gasteiger partial charge in [0.25, 0.3) is 5.91 Å². The number of carbonyl (C=O) groups is 2. The van der Waals surface area contributed by atoms with E-state index in [9.17, 15) is 22.8 Å². The molecule has 10 heteroatoms. The summed E-state index contributed by atoms with van der Waals surface area (Å²) >= 11 is 5.64. The van der Waals surface area contributed by atoms with Crippen LogP contribution in [-0.2, 0) is 19.1 Å². The highest BCUT2D eigenvalue weighted by atomic mass is 35.5. The minimum absolute atomic E-state index is 0.0667. The summed E-state index contributed by atoms with van der Waals surface area (Å²) in [7, 11) is 0. The number of nitrogens with one attached hydrogen (secondary N) is 1. The topological polar surface area (TPSA) is 98.0 Å². The van der Waals surface area contributed by atoms with E-state index in [1.807, 2.05) is 6.07 Å². The number of aromatic nitrogens is 2. The fraction of sp³-hybridized carbons (Fsp3) is 0.120. The number of halogens is 4. The molecule has 0 atom stereocenters. The molecule has 1 amide bonds. The summed E-state index contributed by atoms with van der Waals surface area (Å²) < 4.78 is 39.4. The first kappa shape index (κ1) is 24.2. The van der Waals surface area contributed by atoms with Gasteiger partial charge in [-0.15, -0.1) is 0 Å². The second-order valence-electron chi connectivity index (χ2n) is 7.75. The van der Waals surface area contributed by atoms with Crippen LogP contribution < -0.4 is 11.1 Å². The van der Waals surface area contributed by atoms with Crippen molar-refractivity contribution in [2.45, 2.75) is 19.1 Å². The predicted molar refractivity (Wildman–Crippen MR) is 126 cm³/mol. The number of fused-ring (bicyclic) bond motifs is 1. The first-order valence-corrected chi connectivity index (χ1v) is 10.8. The van der Waals surface area contributed by atoms with Crippen LogP contribution in [0.4, 0.5) is 19.0 Å². The molecule has 6 nitrogen and oxygen atoms in total. The molecule has 1 aromatic heterocycles. The molecule has 0 aliphatic carbocycles. The second kappa shape index (κ2) is 9.71. The van der Waals surface area contributed by atoms with Gasteiger partial charge in [0, 0.05) is 23.9 Å². The minimum Gasteiger partial charge on any atom is -0.366 e. The highest BCUT2D eigenvalue weighted by Crippen LogP contribution is 2.35. The number of alkyl halides is 3. The molecule has 0 unspecified atom stereocenters. The van der Waals surface area contributed by atoms with Gasteiger partial charge in [-0.05, 0) is 41.5 Å². The van der Waals surface area contributed by atoms with E-state index in [1.54, 1.807) is 36.4 Å². The molecule has 0 fully saturated rings. The molecule has 35 heavy (non-hydrogen) atoms. The molecule has 3 N–H and O–H groups in total. The zero-order valence-corrected chi connectivity index (χ0v) is 18.8. The van der Waals surface area contributed by atoms with Gasteiger partial charge in [-0.1, -0.05) is 41.9 Å². The van der Waals surface area contributed by atoms with E-state index in [-0.39, 0.29) is 17.5 Å². The number of hydrogen-bond acceptors (Lipinski definition) is 5. The van der Waals surface area contributed by atoms with Crippen molar-refractivity contribution in [1.29, 1.82) is 0 Å². The lowest BCUT2D eigenvalue weighted by molar-refractivity contribution is -0.137. The number of nitrogens with zero attached hydrogens (tertiary/aromatic N) is 2. The number of Topliss-reactive ketones (excluding diaryl/α,β-unsaturated/α-hetero) is 1. The summed E-state index contributed by atoms with van der Waals surface area (Å²) in [4.78, 5) is 32.7. The van der Waals surface area contributed by atoms with Crippen LogP contribution in [-0.4, -0.2) is 21.7 Å². The lowest BCUT2D eigenvalue weighted by Crippen LogP contribution is -2.12. The van der Waals surface area contributed by atoms with Gasteiger partial charge in [0.2, 0.25) is 0 Å². The molecule has 0 saturated carbocycles. The van der Waals surface area contributed by atoms with Crippen LogP contribution in [0.5, 0.6) is 0 Å². The molecule has 3 aromatic carbocycles. The van der Waals surface area contributed by atoms with Crippen molar-refractivity contribution in [3.05, 3.63) is 99.8 Å². The zero-order chi connectivity index (χ0) is 25.2. The monoisotopic (exact) mass is 498 g/mol. The average molecular weight is 499 g/mol. The van der Waals surface area contributed by atoms with Crippen molar-refractivity contribution in [2.75, 3.05) is 5.32 Å². The molecule has 0 spiro atoms. The Balaban J connectivity index is 1.51. The number of ketones is 1. The van der Waals surface area contributed by atoms with Crippen LogP contribution in [0, 0.1) is 0 Å². The number of anilines is 1. The molecule has 4 aromatic rings. The zero-order valence-electron chi connectivity index (χ0n) is 18.1. The van der Waals surface area contributed by atoms with Crippen molar-refractivity contribution in [3.8, 4) is 0 Å². The van der Waals surface area contributed by atoms with Crippen LogP contribution in [0.3, 0.4) is 0 Å². The summed E-state index contributed by atoms with van der Waals surface area (Å²) in [6.45, 7) is 0.341. The van der Waals surface area contributed by atoms with Crippen molar-refractivity contribution in [3.63, 3.8) is 0 Å². The van der Waals surface area contributed by atoms with Gasteiger partial charge in [0.05, 0.1) is 21.7 Å². The number of rotatable bonds is 7. The van der Waals surface area contributed by atoms with Crippen molar-refractivity contribution >= 4 is 40.0 Å². The fourth-order valence-corrected chi connectivity index (χ4v) is 3.89. The Bertz CT molecular complexity index is 1440. The third-order valence-electron chi connectivity index (χ3n) is 5.34. The maximum Gasteiger partial charge on any atom is 0.417 e. The summed E-state index contributed by atoms with van der Waals surface area (Å²) in [6.07, 6.45) is -3.40. The minimum atomic E-state index is -4.65. The number of hydrogen-bond donors (Lipinski definition) is 2. The van der Waals surface area contributed by atoms with Gasteiger partial charge in [0.1, 0.15) is 12.1 Å². The largest absolute Gasteiger partial charge is 0.417 e. The van der Waals surface area contributed by atoms with Crippen LogP contribution in [0.2, 0.25) is 5.02 Å². The van der Waals surface area contributed by atoms with E-state index in [2.05, 4.69) is 15.3 Å². The Morgan fingerprint density at radius 3 is 2.46 bits per heavy atom. The molecule has 0 bridgehead atoms. The maximum absolute atomic E-state index is 13.1. The predicted octanol–water partition coefficient (Wildman–Crippen LogP) is 5.44. The van der Waals surface area contributed by atoms with Gasteiger partial charge in [0.15, 0.2) is 5.78 Å². The molecular formula is C25H18ClF3N4O2. The summed E-state index contributed by atoms with van der Waals surface area (Å²) in [5.74, 6) is -0.556. The van der Waals surface area contributed by atoms with Crippen molar-refractivity contribution in [2.24, 2.45) is 5.73 Å². The lowest BCUT2D eigenvalue weighted by Gasteiger charge is -2.12. The molecule has 0 saturated heterocycles. The van der Waals surface area contributed by atoms with E-state index in [4.69, 9.17) is 17.3 Å². The second-order valence-corrected chi connectivity index (χ2v) is 8.16. The number of primary amides is 1. The number of para-hydroxylation sites is 1. The van der Waals surface area contributed by atoms with Crippen LogP contribution in [0.25, 0.3) is 10.9 Å². The Kier molecular flexibility index (Phi) is 6.70. The van der Waals surface area contributed by atoms with Crippen LogP contribution >= 0.6 is 11.6 Å². The Hall–Kier alpha value is -3.98. The van der Waals surface area contributed by atoms with Gasteiger partial charge in [-0.25, -0.2) is 9.97 Å². The summed E-state index contributed by atoms with van der Waals surface area (Å²) in [6, 6.07) is 15.3. The molecule has 1 heterocycles. The van der Waals surface area contributed by atoms with Gasteiger partial charge in [-0.2, -0.15) is 13.2 Å². The first-order chi connectivity index (χ1) is 16.6. The van der Waals surface area contributed by atoms with Crippen molar-refractivity contribution in [1.82, 2.24) is 9.97 Å². The molecule has 178 valence electrons. The van der Waals surface area contributed by atoms with Crippen LogP contribution in [0.15, 0.2) is 67.0 Å². The molecule has 0 aliphatic rings. The molecule has 4 rings (SSSR count). The van der Waals surface area contributed by atoms with E-state index < -0.39 is 28.5 Å². The van der Waals surface area contributed by atoms with Crippen molar-refractivity contribution < 1.29 is 22.8 Å². The summed E-state index contributed by atoms with van der Waals surface area (Å²) in [5.41, 5.74) is 6.48. The average Bonchev–Trinajstić information content (AvgIpc) is 2.82. The standard InChI is InChI=1S/C25H18ClF3N4O2/c26-20-8-7-16(11-19(20)25(27,28)29)21(34)10-14-3-1-4-15(9-14)12-31-24-18-6-2-5-17(23(30)35)22(18)32-13-33-24/h1-9,11,13H,10,12H2,(H2,30,35)(H,31,32,33). The number of nitrogens with two attached hydrogens (primary N) is 1.